The third-order valence-corrected chi connectivity index (χ3v) is 3.52. The molecular weight excluding hydrogens is 242 g/mol. The Bertz CT molecular complexity index is 779. The highest BCUT2D eigenvalue weighted by Gasteiger charge is 1.99. The minimum atomic E-state index is 1.03. The topological polar surface area (TPSA) is 12.4 Å². The van der Waals surface area contributed by atoms with E-state index in [0.717, 1.165) is 11.3 Å². The molecule has 0 amide bonds. The summed E-state index contributed by atoms with van der Waals surface area (Å²) in [5.74, 6) is 0. The summed E-state index contributed by atoms with van der Waals surface area (Å²) in [5.41, 5.74) is 4.67. The van der Waals surface area contributed by atoms with Crippen LogP contribution in [0.4, 0.5) is 5.69 Å². The van der Waals surface area contributed by atoms with E-state index in [9.17, 15) is 0 Å². The van der Waals surface area contributed by atoms with Crippen LogP contribution in [0.15, 0.2) is 65.7 Å². The van der Waals surface area contributed by atoms with Gasteiger partial charge in [-0.25, -0.2) is 0 Å². The first kappa shape index (κ1) is 12.6. The first-order valence-electron chi connectivity index (χ1n) is 6.83. The summed E-state index contributed by atoms with van der Waals surface area (Å²) >= 11 is 0. The summed E-state index contributed by atoms with van der Waals surface area (Å²) < 4.78 is 0. The number of nitrogens with zero attached hydrogens (tertiary/aromatic N) is 1. The molecule has 0 saturated heterocycles. The molecule has 20 heavy (non-hydrogen) atoms. The van der Waals surface area contributed by atoms with Gasteiger partial charge in [0.1, 0.15) is 0 Å². The Morgan fingerprint density at radius 3 is 2.50 bits per heavy atom. The summed E-state index contributed by atoms with van der Waals surface area (Å²) in [7, 11) is 0. The first-order chi connectivity index (χ1) is 9.74. The van der Waals surface area contributed by atoms with Gasteiger partial charge in [-0.2, -0.15) is 0 Å². The van der Waals surface area contributed by atoms with Gasteiger partial charge >= 0.3 is 0 Å². The molecule has 0 spiro atoms. The molecule has 3 aromatic rings. The van der Waals surface area contributed by atoms with Crippen LogP contribution in [-0.4, -0.2) is 6.21 Å². The van der Waals surface area contributed by atoms with Gasteiger partial charge in [0, 0.05) is 11.8 Å². The fourth-order valence-electron chi connectivity index (χ4n) is 2.45. The van der Waals surface area contributed by atoms with Crippen LogP contribution in [0.2, 0.25) is 0 Å². The molecule has 0 radical (unpaired) electrons. The summed E-state index contributed by atoms with van der Waals surface area (Å²) in [5, 5.41) is 2.49. The van der Waals surface area contributed by atoms with Gasteiger partial charge in [0.05, 0.1) is 5.69 Å². The molecule has 0 aromatic heterocycles. The van der Waals surface area contributed by atoms with Crippen LogP contribution in [0.25, 0.3) is 10.8 Å². The van der Waals surface area contributed by atoms with E-state index in [4.69, 9.17) is 0 Å². The van der Waals surface area contributed by atoms with Crippen LogP contribution in [-0.2, 0) is 0 Å². The van der Waals surface area contributed by atoms with Crippen molar-refractivity contribution in [3.8, 4) is 0 Å². The van der Waals surface area contributed by atoms with Gasteiger partial charge in [0.15, 0.2) is 0 Å². The van der Waals surface area contributed by atoms with Crippen LogP contribution < -0.4 is 0 Å². The number of benzene rings is 3. The number of aryl methyl sites for hydroxylation is 2. The van der Waals surface area contributed by atoms with Gasteiger partial charge in [-0.3, -0.25) is 4.99 Å². The van der Waals surface area contributed by atoms with E-state index in [0.29, 0.717) is 0 Å². The SMILES string of the molecule is Cc1ccc(N=Cc2cccc3ccccc23)c(C)c1. The predicted molar refractivity (Wildman–Crippen MR) is 87.1 cm³/mol. The van der Waals surface area contributed by atoms with Crippen molar-refractivity contribution in [3.05, 3.63) is 77.4 Å². The van der Waals surface area contributed by atoms with E-state index >= 15 is 0 Å². The molecule has 0 heterocycles. The van der Waals surface area contributed by atoms with E-state index in [2.05, 4.69) is 79.5 Å². The Morgan fingerprint density at radius 1 is 0.850 bits per heavy atom. The molecule has 0 aliphatic rings. The van der Waals surface area contributed by atoms with Crippen molar-refractivity contribution in [2.75, 3.05) is 0 Å². The van der Waals surface area contributed by atoms with E-state index < -0.39 is 0 Å². The highest BCUT2D eigenvalue weighted by molar-refractivity contribution is 6.00. The number of hydrogen-bond donors (Lipinski definition) is 0. The highest BCUT2D eigenvalue weighted by Crippen LogP contribution is 2.21. The molecule has 1 heteroatoms. The highest BCUT2D eigenvalue weighted by atomic mass is 14.7. The summed E-state index contributed by atoms with van der Waals surface area (Å²) in [6, 6.07) is 21.0. The molecule has 0 aliphatic heterocycles. The zero-order chi connectivity index (χ0) is 13.9. The monoisotopic (exact) mass is 259 g/mol. The number of aliphatic imine (C=N–C) groups is 1. The molecule has 1 nitrogen and oxygen atoms in total. The molecule has 98 valence electrons. The fourth-order valence-corrected chi connectivity index (χ4v) is 2.45. The van der Waals surface area contributed by atoms with E-state index in [1.165, 1.54) is 21.9 Å². The van der Waals surface area contributed by atoms with Gasteiger partial charge in [0.2, 0.25) is 0 Å². The van der Waals surface area contributed by atoms with Crippen molar-refractivity contribution >= 4 is 22.7 Å². The van der Waals surface area contributed by atoms with Crippen molar-refractivity contribution in [2.45, 2.75) is 13.8 Å². The number of fused-ring (bicyclic) bond motifs is 1. The lowest BCUT2D eigenvalue weighted by molar-refractivity contribution is 1.35. The van der Waals surface area contributed by atoms with Crippen molar-refractivity contribution < 1.29 is 0 Å². The zero-order valence-corrected chi connectivity index (χ0v) is 11.8. The standard InChI is InChI=1S/C19H17N/c1-14-10-11-19(15(2)12-14)20-13-17-8-5-7-16-6-3-4-9-18(16)17/h3-13H,1-2H3. The lowest BCUT2D eigenvalue weighted by Gasteiger charge is -2.03. The van der Waals surface area contributed by atoms with Gasteiger partial charge < -0.3 is 0 Å². The number of hydrogen-bond acceptors (Lipinski definition) is 1. The summed E-state index contributed by atoms with van der Waals surface area (Å²) in [4.78, 5) is 4.64. The molecule has 0 fully saturated rings. The van der Waals surface area contributed by atoms with Gasteiger partial charge in [-0.1, -0.05) is 60.2 Å². The molecule has 0 N–H and O–H groups in total. The molecule has 0 saturated carbocycles. The van der Waals surface area contributed by atoms with E-state index in [1.807, 2.05) is 6.21 Å². The second-order valence-corrected chi connectivity index (χ2v) is 5.12. The second kappa shape index (κ2) is 5.30. The molecular formula is C19H17N. The fraction of sp³-hybridized carbons (Fsp3) is 0.105. The third kappa shape index (κ3) is 2.48. The molecule has 0 unspecified atom stereocenters. The van der Waals surface area contributed by atoms with Gasteiger partial charge in [-0.15, -0.1) is 0 Å². The molecule has 3 aromatic carbocycles. The van der Waals surface area contributed by atoms with E-state index in [1.54, 1.807) is 0 Å². The van der Waals surface area contributed by atoms with Gasteiger partial charge in [0.25, 0.3) is 0 Å². The maximum atomic E-state index is 4.64. The maximum Gasteiger partial charge on any atom is 0.0659 e. The Hall–Kier alpha value is -2.41. The second-order valence-electron chi connectivity index (χ2n) is 5.12. The summed E-state index contributed by atoms with van der Waals surface area (Å²) in [6.45, 7) is 4.20. The minimum absolute atomic E-state index is 1.03. The van der Waals surface area contributed by atoms with Crippen molar-refractivity contribution in [1.29, 1.82) is 0 Å². The first-order valence-corrected chi connectivity index (χ1v) is 6.83. The summed E-state index contributed by atoms with van der Waals surface area (Å²) in [6.07, 6.45) is 1.96. The lowest BCUT2D eigenvalue weighted by Crippen LogP contribution is -1.84. The average Bonchev–Trinajstić information content (AvgIpc) is 2.46. The average molecular weight is 259 g/mol. The largest absolute Gasteiger partial charge is 0.256 e. The van der Waals surface area contributed by atoms with Crippen LogP contribution in [0.3, 0.4) is 0 Å². The van der Waals surface area contributed by atoms with Crippen LogP contribution in [0.1, 0.15) is 16.7 Å². The maximum absolute atomic E-state index is 4.64. The molecule has 0 bridgehead atoms. The van der Waals surface area contributed by atoms with Crippen molar-refractivity contribution in [3.63, 3.8) is 0 Å². The Balaban J connectivity index is 2.02. The Labute approximate surface area is 119 Å². The minimum Gasteiger partial charge on any atom is -0.256 e. The third-order valence-electron chi connectivity index (χ3n) is 3.52. The normalized spacial score (nSPS) is 11.3. The number of rotatable bonds is 2. The van der Waals surface area contributed by atoms with Crippen molar-refractivity contribution in [1.82, 2.24) is 0 Å². The quantitative estimate of drug-likeness (QED) is 0.560. The molecule has 3 rings (SSSR count). The van der Waals surface area contributed by atoms with Crippen LogP contribution in [0.5, 0.6) is 0 Å². The van der Waals surface area contributed by atoms with Gasteiger partial charge in [-0.05, 0) is 36.2 Å². The smallest absolute Gasteiger partial charge is 0.0659 e. The van der Waals surface area contributed by atoms with Crippen LogP contribution in [0, 0.1) is 13.8 Å². The van der Waals surface area contributed by atoms with Crippen molar-refractivity contribution in [2.24, 2.45) is 4.99 Å². The zero-order valence-electron chi connectivity index (χ0n) is 11.8. The predicted octanol–water partition coefficient (Wildman–Crippen LogP) is 5.21. The molecule has 0 aliphatic carbocycles. The van der Waals surface area contributed by atoms with Crippen LogP contribution >= 0.6 is 0 Å². The Morgan fingerprint density at radius 2 is 1.65 bits per heavy atom. The van der Waals surface area contributed by atoms with E-state index in [-0.39, 0.29) is 0 Å². The molecule has 0 atom stereocenters. The Kier molecular flexibility index (Phi) is 3.34. The lowest BCUT2D eigenvalue weighted by atomic mass is 10.1.